The second kappa shape index (κ2) is 7.88. The molecule has 23 heavy (non-hydrogen) atoms. The average Bonchev–Trinajstić information content (AvgIpc) is 2.55. The largest absolute Gasteiger partial charge is 0.376 e. The number of halogens is 1. The van der Waals surface area contributed by atoms with Crippen LogP contribution in [0.1, 0.15) is 5.56 Å². The van der Waals surface area contributed by atoms with Gasteiger partial charge in [-0.1, -0.05) is 24.3 Å². The molecule has 0 fully saturated rings. The van der Waals surface area contributed by atoms with Gasteiger partial charge in [0.2, 0.25) is 5.91 Å². The van der Waals surface area contributed by atoms with Gasteiger partial charge in [-0.25, -0.2) is 4.39 Å². The van der Waals surface area contributed by atoms with Gasteiger partial charge >= 0.3 is 0 Å². The van der Waals surface area contributed by atoms with Gasteiger partial charge in [-0.3, -0.25) is 14.9 Å². The first-order chi connectivity index (χ1) is 11.1. The highest BCUT2D eigenvalue weighted by molar-refractivity contribution is 5.80. The molecular weight excluding hydrogens is 301 g/mol. The van der Waals surface area contributed by atoms with Crippen LogP contribution < -0.4 is 10.6 Å². The van der Waals surface area contributed by atoms with E-state index >= 15 is 0 Å². The molecule has 2 aromatic carbocycles. The van der Waals surface area contributed by atoms with E-state index in [0.717, 1.165) is 0 Å². The molecule has 0 aromatic heterocycles. The summed E-state index contributed by atoms with van der Waals surface area (Å²) in [7, 11) is 0. The fourth-order valence-corrected chi connectivity index (χ4v) is 2.01. The quantitative estimate of drug-likeness (QED) is 0.607. The van der Waals surface area contributed by atoms with Crippen LogP contribution in [0.5, 0.6) is 0 Å². The van der Waals surface area contributed by atoms with Crippen molar-refractivity contribution in [2.75, 3.05) is 18.4 Å². The fourth-order valence-electron chi connectivity index (χ4n) is 2.01. The highest BCUT2D eigenvalue weighted by Crippen LogP contribution is 2.16. The minimum Gasteiger partial charge on any atom is -0.376 e. The Morgan fingerprint density at radius 3 is 2.70 bits per heavy atom. The smallest absolute Gasteiger partial charge is 0.271 e. The van der Waals surface area contributed by atoms with E-state index in [-0.39, 0.29) is 24.0 Å². The number of rotatable bonds is 7. The first-order valence-corrected chi connectivity index (χ1v) is 7.04. The van der Waals surface area contributed by atoms with E-state index in [1.165, 1.54) is 24.3 Å². The first kappa shape index (κ1) is 16.4. The van der Waals surface area contributed by atoms with Crippen molar-refractivity contribution in [3.63, 3.8) is 0 Å². The van der Waals surface area contributed by atoms with Crippen LogP contribution in [-0.4, -0.2) is 23.9 Å². The van der Waals surface area contributed by atoms with Gasteiger partial charge in [0, 0.05) is 24.4 Å². The zero-order valence-electron chi connectivity index (χ0n) is 12.3. The van der Waals surface area contributed by atoms with Gasteiger partial charge in [0.15, 0.2) is 0 Å². The van der Waals surface area contributed by atoms with Crippen molar-refractivity contribution in [1.29, 1.82) is 0 Å². The molecule has 0 aliphatic carbocycles. The lowest BCUT2D eigenvalue weighted by Crippen LogP contribution is -2.31. The van der Waals surface area contributed by atoms with Gasteiger partial charge in [-0.05, 0) is 24.1 Å². The van der Waals surface area contributed by atoms with E-state index in [0.29, 0.717) is 24.2 Å². The molecule has 0 atom stereocenters. The molecule has 2 rings (SSSR count). The molecule has 0 saturated carbocycles. The molecule has 1 amide bonds. The maximum absolute atomic E-state index is 13.4. The van der Waals surface area contributed by atoms with E-state index < -0.39 is 4.92 Å². The van der Waals surface area contributed by atoms with E-state index in [2.05, 4.69) is 10.6 Å². The first-order valence-electron chi connectivity index (χ1n) is 7.04. The number of nitro groups is 1. The van der Waals surface area contributed by atoms with Gasteiger partial charge in [-0.15, -0.1) is 0 Å². The number of carbonyl (C=O) groups excluding carboxylic acids is 1. The average molecular weight is 317 g/mol. The van der Waals surface area contributed by atoms with E-state index in [9.17, 15) is 19.3 Å². The third-order valence-corrected chi connectivity index (χ3v) is 3.18. The summed E-state index contributed by atoms with van der Waals surface area (Å²) in [5.74, 6) is -0.565. The third-order valence-electron chi connectivity index (χ3n) is 3.18. The van der Waals surface area contributed by atoms with Crippen LogP contribution in [0, 0.1) is 15.9 Å². The number of benzene rings is 2. The second-order valence-corrected chi connectivity index (χ2v) is 4.85. The molecule has 2 aromatic rings. The molecule has 120 valence electrons. The zero-order chi connectivity index (χ0) is 16.7. The summed E-state index contributed by atoms with van der Waals surface area (Å²) in [6, 6.07) is 12.3. The van der Waals surface area contributed by atoms with Gasteiger partial charge < -0.3 is 10.6 Å². The molecular formula is C16H16FN3O3. The van der Waals surface area contributed by atoms with Gasteiger partial charge in [0.1, 0.15) is 5.82 Å². The van der Waals surface area contributed by atoms with Crippen molar-refractivity contribution in [3.8, 4) is 0 Å². The minimum atomic E-state index is -0.500. The SMILES string of the molecule is O=C(CNc1cccc([N+](=O)[O-])c1)NCCc1ccccc1F. The Morgan fingerprint density at radius 2 is 1.96 bits per heavy atom. The number of carbonyl (C=O) groups is 1. The van der Waals surface area contributed by atoms with Crippen LogP contribution in [0.25, 0.3) is 0 Å². The predicted octanol–water partition coefficient (Wildman–Crippen LogP) is 2.50. The van der Waals surface area contributed by atoms with Crippen LogP contribution in [0.15, 0.2) is 48.5 Å². The Hall–Kier alpha value is -2.96. The Balaban J connectivity index is 1.76. The molecule has 0 bridgehead atoms. The standard InChI is InChI=1S/C16H16FN3O3/c17-15-7-2-1-4-12(15)8-9-18-16(21)11-19-13-5-3-6-14(10-13)20(22)23/h1-7,10,19H,8-9,11H2,(H,18,21). The van der Waals surface area contributed by atoms with Crippen LogP contribution in [0.2, 0.25) is 0 Å². The Morgan fingerprint density at radius 1 is 1.17 bits per heavy atom. The zero-order valence-corrected chi connectivity index (χ0v) is 12.3. The van der Waals surface area contributed by atoms with Crippen LogP contribution >= 0.6 is 0 Å². The lowest BCUT2D eigenvalue weighted by Gasteiger charge is -2.08. The summed E-state index contributed by atoms with van der Waals surface area (Å²) in [6.45, 7) is 0.300. The summed E-state index contributed by atoms with van der Waals surface area (Å²) in [6.07, 6.45) is 0.398. The number of hydrogen-bond donors (Lipinski definition) is 2. The number of nitrogens with one attached hydrogen (secondary N) is 2. The Bertz CT molecular complexity index is 706. The topological polar surface area (TPSA) is 84.3 Å². The van der Waals surface area contributed by atoms with E-state index in [1.54, 1.807) is 24.3 Å². The van der Waals surface area contributed by atoms with Crippen molar-refractivity contribution in [3.05, 3.63) is 70.0 Å². The molecule has 0 unspecified atom stereocenters. The molecule has 0 aliphatic rings. The summed E-state index contributed by atoms with van der Waals surface area (Å²) >= 11 is 0. The Kier molecular flexibility index (Phi) is 5.62. The molecule has 0 radical (unpaired) electrons. The lowest BCUT2D eigenvalue weighted by atomic mass is 10.1. The molecule has 0 saturated heterocycles. The van der Waals surface area contributed by atoms with Gasteiger partial charge in [-0.2, -0.15) is 0 Å². The predicted molar refractivity (Wildman–Crippen MR) is 84.7 cm³/mol. The summed E-state index contributed by atoms with van der Waals surface area (Å²) in [5, 5.41) is 16.1. The molecule has 0 heterocycles. The van der Waals surface area contributed by atoms with Crippen molar-refractivity contribution < 1.29 is 14.1 Å². The normalized spacial score (nSPS) is 10.1. The number of nitro benzene ring substituents is 1. The second-order valence-electron chi connectivity index (χ2n) is 4.85. The number of nitrogens with zero attached hydrogens (tertiary/aromatic N) is 1. The number of hydrogen-bond acceptors (Lipinski definition) is 4. The molecule has 0 spiro atoms. The van der Waals surface area contributed by atoms with Gasteiger partial charge in [0.05, 0.1) is 11.5 Å². The van der Waals surface area contributed by atoms with Crippen LogP contribution in [0.3, 0.4) is 0 Å². The van der Waals surface area contributed by atoms with Crippen molar-refractivity contribution >= 4 is 17.3 Å². The van der Waals surface area contributed by atoms with E-state index in [1.807, 2.05) is 0 Å². The maximum Gasteiger partial charge on any atom is 0.271 e. The summed E-state index contributed by atoms with van der Waals surface area (Å²) in [5.41, 5.74) is 0.984. The highest BCUT2D eigenvalue weighted by atomic mass is 19.1. The van der Waals surface area contributed by atoms with Crippen molar-refractivity contribution in [2.45, 2.75) is 6.42 Å². The highest BCUT2D eigenvalue weighted by Gasteiger charge is 2.07. The number of non-ortho nitro benzene ring substituents is 1. The minimum absolute atomic E-state index is 0.0154. The van der Waals surface area contributed by atoms with Crippen molar-refractivity contribution in [2.24, 2.45) is 0 Å². The van der Waals surface area contributed by atoms with Crippen LogP contribution in [0.4, 0.5) is 15.8 Å². The molecule has 7 heteroatoms. The molecule has 0 aliphatic heterocycles. The Labute approximate surface area is 132 Å². The summed E-state index contributed by atoms with van der Waals surface area (Å²) < 4.78 is 13.4. The summed E-state index contributed by atoms with van der Waals surface area (Å²) in [4.78, 5) is 21.9. The third kappa shape index (κ3) is 5.06. The monoisotopic (exact) mass is 317 g/mol. The molecule has 6 nitrogen and oxygen atoms in total. The molecule has 2 N–H and O–H groups in total. The number of amides is 1. The maximum atomic E-state index is 13.4. The van der Waals surface area contributed by atoms with Crippen molar-refractivity contribution in [1.82, 2.24) is 5.32 Å². The lowest BCUT2D eigenvalue weighted by molar-refractivity contribution is -0.384. The number of anilines is 1. The fraction of sp³-hybridized carbons (Fsp3) is 0.188. The van der Waals surface area contributed by atoms with Gasteiger partial charge in [0.25, 0.3) is 5.69 Å². The van der Waals surface area contributed by atoms with E-state index in [4.69, 9.17) is 0 Å². The van der Waals surface area contributed by atoms with Crippen LogP contribution in [-0.2, 0) is 11.2 Å².